The zero-order chi connectivity index (χ0) is 25.9. The van der Waals surface area contributed by atoms with Crippen LogP contribution in [0.15, 0.2) is 51.6 Å². The normalized spacial score (nSPS) is 27.6. The first-order valence-electron chi connectivity index (χ1n) is 11.5. The van der Waals surface area contributed by atoms with Crippen LogP contribution in [-0.4, -0.2) is 54.7 Å². The Morgan fingerprint density at radius 2 is 1.72 bits per heavy atom. The van der Waals surface area contributed by atoms with E-state index >= 15 is 0 Å². The van der Waals surface area contributed by atoms with Gasteiger partial charge in [0.05, 0.1) is 30.5 Å². The van der Waals surface area contributed by atoms with Crippen molar-refractivity contribution < 1.29 is 33.8 Å². The van der Waals surface area contributed by atoms with Gasteiger partial charge in [0, 0.05) is 30.2 Å². The second-order valence-corrected chi connectivity index (χ2v) is 10.2. The summed E-state index contributed by atoms with van der Waals surface area (Å²) in [7, 11) is 4.36. The van der Waals surface area contributed by atoms with Crippen molar-refractivity contribution in [3.05, 3.63) is 57.1 Å². The molecule has 186 valence electrons. The molecular weight excluding hydrogens is 530 g/mol. The molecule has 1 N–H and O–H groups in total. The third kappa shape index (κ3) is 3.56. The summed E-state index contributed by atoms with van der Waals surface area (Å²) in [5.74, 6) is -2.60. The lowest BCUT2D eigenvalue weighted by atomic mass is 9.61. The average molecular weight is 554 g/mol. The van der Waals surface area contributed by atoms with Crippen LogP contribution >= 0.6 is 15.9 Å². The molecule has 1 heterocycles. The molecular formula is C27H24BrNO7. The summed E-state index contributed by atoms with van der Waals surface area (Å²) in [6.07, 6.45) is 7.47. The summed E-state index contributed by atoms with van der Waals surface area (Å²) >= 11 is 3.21. The van der Waals surface area contributed by atoms with Crippen LogP contribution in [0.3, 0.4) is 0 Å². The number of imide groups is 1. The van der Waals surface area contributed by atoms with E-state index in [4.69, 9.17) is 9.47 Å². The van der Waals surface area contributed by atoms with Crippen LogP contribution in [0.25, 0.3) is 6.08 Å². The fraction of sp³-hybridized carbons (Fsp3) is 0.333. The monoisotopic (exact) mass is 553 g/mol. The van der Waals surface area contributed by atoms with E-state index in [1.165, 1.54) is 32.2 Å². The summed E-state index contributed by atoms with van der Waals surface area (Å²) in [6, 6.07) is 3.27. The summed E-state index contributed by atoms with van der Waals surface area (Å²) in [4.78, 5) is 53.2. The Labute approximate surface area is 216 Å². The topological polar surface area (TPSA) is 110 Å². The first kappa shape index (κ1) is 24.2. The molecule has 2 amide bonds. The lowest BCUT2D eigenvalue weighted by molar-refractivity contribution is -0.138. The number of hydrogen-bond acceptors (Lipinski definition) is 7. The second kappa shape index (κ2) is 8.89. The van der Waals surface area contributed by atoms with Crippen LogP contribution in [-0.2, 0) is 19.2 Å². The molecule has 1 fully saturated rings. The highest BCUT2D eigenvalue weighted by Gasteiger charge is 2.54. The minimum absolute atomic E-state index is 0.127. The number of nitrogens with zero attached hydrogens (tertiary/aromatic N) is 1. The lowest BCUT2D eigenvalue weighted by Crippen LogP contribution is -2.39. The van der Waals surface area contributed by atoms with E-state index in [1.54, 1.807) is 18.2 Å². The minimum atomic E-state index is -0.561. The number of fused-ring (bicyclic) bond motifs is 3. The van der Waals surface area contributed by atoms with E-state index in [0.717, 1.165) is 5.57 Å². The van der Waals surface area contributed by atoms with Crippen molar-refractivity contribution in [3.8, 4) is 17.2 Å². The van der Waals surface area contributed by atoms with Crippen LogP contribution in [0.1, 0.15) is 18.4 Å². The Hall–Kier alpha value is -3.46. The molecule has 8 nitrogen and oxygen atoms in total. The van der Waals surface area contributed by atoms with Gasteiger partial charge in [-0.2, -0.15) is 0 Å². The third-order valence-corrected chi connectivity index (χ3v) is 8.17. The van der Waals surface area contributed by atoms with Gasteiger partial charge in [0.15, 0.2) is 23.1 Å². The Balaban J connectivity index is 1.62. The molecule has 0 spiro atoms. The van der Waals surface area contributed by atoms with Gasteiger partial charge in [-0.05, 0) is 52.4 Å². The molecule has 1 aromatic carbocycles. The van der Waals surface area contributed by atoms with Gasteiger partial charge in [0.1, 0.15) is 0 Å². The van der Waals surface area contributed by atoms with Crippen LogP contribution in [0, 0.1) is 23.7 Å². The number of ketones is 2. The Kier molecular flexibility index (Phi) is 5.98. The number of halogens is 1. The molecule has 1 aromatic rings. The molecule has 0 bridgehead atoms. The number of amides is 2. The van der Waals surface area contributed by atoms with E-state index in [9.17, 15) is 24.3 Å². The summed E-state index contributed by atoms with van der Waals surface area (Å²) < 4.78 is 10.7. The van der Waals surface area contributed by atoms with Crippen molar-refractivity contribution >= 4 is 45.4 Å². The van der Waals surface area contributed by atoms with Crippen molar-refractivity contribution in [2.75, 3.05) is 21.3 Å². The predicted octanol–water partition coefficient (Wildman–Crippen LogP) is 3.35. The first-order valence-corrected chi connectivity index (χ1v) is 12.3. The Bertz CT molecular complexity index is 1330. The number of likely N-dealkylation sites (tertiary alicyclic amines) is 1. The molecule has 0 saturated carbocycles. The zero-order valence-electron chi connectivity index (χ0n) is 19.9. The van der Waals surface area contributed by atoms with Crippen LogP contribution in [0.2, 0.25) is 0 Å². The SMILES string of the molecule is COc1cc(C=C[C@H]2C3=CC[C@@H]4C(=O)N(C)C(=O)[C@@H]4[C@@H]3CC3=C2C(=O)C=C(Br)C3=O)cc(OC)c1O. The number of benzene rings is 1. The maximum Gasteiger partial charge on any atom is 0.233 e. The fourth-order valence-electron chi connectivity index (χ4n) is 5.86. The highest BCUT2D eigenvalue weighted by Crippen LogP contribution is 2.52. The second-order valence-electron chi connectivity index (χ2n) is 9.31. The largest absolute Gasteiger partial charge is 0.502 e. The molecule has 1 aliphatic heterocycles. The Morgan fingerprint density at radius 3 is 2.36 bits per heavy atom. The highest BCUT2D eigenvalue weighted by atomic mass is 79.9. The minimum Gasteiger partial charge on any atom is -0.502 e. The standard InChI is InChI=1S/C27H24BrNO7/c1-29-26(33)15-7-6-13-14(5-4-12-8-20(35-2)25(32)21(9-12)36-3)22-17(10-16(13)23(15)27(29)34)24(31)18(28)11-19(22)30/h4-6,8-9,11,14-16,23,32H,7,10H2,1-3H3/t14-,15-,16+,23-/m0/s1. The molecule has 5 rings (SSSR count). The van der Waals surface area contributed by atoms with Crippen LogP contribution < -0.4 is 9.47 Å². The maximum absolute atomic E-state index is 13.1. The third-order valence-electron chi connectivity index (χ3n) is 7.58. The number of methoxy groups -OCH3 is 2. The number of ether oxygens (including phenoxy) is 2. The van der Waals surface area contributed by atoms with E-state index in [0.29, 0.717) is 23.1 Å². The van der Waals surface area contributed by atoms with Crippen molar-refractivity contribution in [1.82, 2.24) is 4.90 Å². The van der Waals surface area contributed by atoms with Crippen molar-refractivity contribution in [3.63, 3.8) is 0 Å². The van der Waals surface area contributed by atoms with Gasteiger partial charge in [0.2, 0.25) is 17.6 Å². The lowest BCUT2D eigenvalue weighted by Gasteiger charge is -2.41. The molecule has 0 unspecified atom stereocenters. The Morgan fingerprint density at radius 1 is 1.06 bits per heavy atom. The number of rotatable bonds is 4. The zero-order valence-corrected chi connectivity index (χ0v) is 21.5. The quantitative estimate of drug-likeness (QED) is 0.346. The summed E-state index contributed by atoms with van der Waals surface area (Å²) in [6.45, 7) is 0. The number of carbonyl (C=O) groups excluding carboxylic acids is 4. The molecule has 1 saturated heterocycles. The van der Waals surface area contributed by atoms with E-state index < -0.39 is 17.8 Å². The number of aromatic hydroxyl groups is 1. The number of allylic oxidation sites excluding steroid dienone is 7. The molecule has 9 heteroatoms. The van der Waals surface area contributed by atoms with E-state index in [-0.39, 0.29) is 57.5 Å². The van der Waals surface area contributed by atoms with Gasteiger partial charge >= 0.3 is 0 Å². The van der Waals surface area contributed by atoms with Crippen molar-refractivity contribution in [2.24, 2.45) is 23.7 Å². The number of carbonyl (C=O) groups is 4. The summed E-state index contributed by atoms with van der Waals surface area (Å²) in [5, 5.41) is 10.2. The number of hydrogen-bond donors (Lipinski definition) is 1. The van der Waals surface area contributed by atoms with Gasteiger partial charge in [0.25, 0.3) is 0 Å². The predicted molar refractivity (Wildman–Crippen MR) is 133 cm³/mol. The van der Waals surface area contributed by atoms with Gasteiger partial charge in [-0.25, -0.2) is 0 Å². The van der Waals surface area contributed by atoms with Crippen molar-refractivity contribution in [1.29, 1.82) is 0 Å². The van der Waals surface area contributed by atoms with Crippen molar-refractivity contribution in [2.45, 2.75) is 12.8 Å². The molecule has 3 aliphatic carbocycles. The summed E-state index contributed by atoms with van der Waals surface area (Å²) in [5.41, 5.74) is 2.29. The average Bonchev–Trinajstić information content (AvgIpc) is 3.09. The van der Waals surface area contributed by atoms with Gasteiger partial charge in [-0.15, -0.1) is 0 Å². The molecule has 36 heavy (non-hydrogen) atoms. The van der Waals surface area contributed by atoms with Gasteiger partial charge in [-0.1, -0.05) is 23.8 Å². The molecule has 4 aliphatic rings. The van der Waals surface area contributed by atoms with E-state index in [1.807, 2.05) is 12.2 Å². The number of Topliss-reactive ketones (excluding diaryl/α,β-unsaturated/α-hetero) is 1. The van der Waals surface area contributed by atoms with Crippen LogP contribution in [0.5, 0.6) is 17.2 Å². The fourth-order valence-corrected chi connectivity index (χ4v) is 6.31. The van der Waals surface area contributed by atoms with E-state index in [2.05, 4.69) is 15.9 Å². The van der Waals surface area contributed by atoms with Crippen LogP contribution in [0.4, 0.5) is 0 Å². The molecule has 0 aromatic heterocycles. The molecule has 0 radical (unpaired) electrons. The first-order chi connectivity index (χ1) is 17.2. The molecule has 4 atom stereocenters. The number of phenolic OH excluding ortho intramolecular Hbond substituents is 1. The van der Waals surface area contributed by atoms with Gasteiger partial charge < -0.3 is 14.6 Å². The highest BCUT2D eigenvalue weighted by molar-refractivity contribution is 9.12. The maximum atomic E-state index is 13.1. The smallest absolute Gasteiger partial charge is 0.233 e. The van der Waals surface area contributed by atoms with Gasteiger partial charge in [-0.3, -0.25) is 24.1 Å². The number of phenols is 1.